The van der Waals surface area contributed by atoms with E-state index in [1.165, 1.54) is 0 Å². The molecule has 1 rings (SSSR count). The van der Waals surface area contributed by atoms with Crippen LogP contribution >= 0.6 is 11.8 Å². The summed E-state index contributed by atoms with van der Waals surface area (Å²) in [4.78, 5) is 23.8. The maximum atomic E-state index is 11.9. The van der Waals surface area contributed by atoms with E-state index in [1.54, 1.807) is 23.9 Å². The van der Waals surface area contributed by atoms with Crippen LogP contribution in [0.2, 0.25) is 0 Å². The van der Waals surface area contributed by atoms with Crippen molar-refractivity contribution in [2.24, 2.45) is 0 Å². The third-order valence-corrected chi connectivity index (χ3v) is 3.37. The lowest BCUT2D eigenvalue weighted by Crippen LogP contribution is -2.48. The molecule has 2 amide bonds. The number of carbonyl (C=O) groups excluding carboxylic acids is 2. The SMILES string of the molecule is CCNC(=O)C(CCSC)NC(=O)COc1ccccc1. The van der Waals surface area contributed by atoms with Crippen molar-refractivity contribution in [2.45, 2.75) is 19.4 Å². The Morgan fingerprint density at radius 3 is 2.62 bits per heavy atom. The van der Waals surface area contributed by atoms with Crippen LogP contribution in [0.15, 0.2) is 30.3 Å². The molecular formula is C15H22N2O3S. The molecule has 21 heavy (non-hydrogen) atoms. The zero-order valence-electron chi connectivity index (χ0n) is 12.4. The van der Waals surface area contributed by atoms with Gasteiger partial charge < -0.3 is 15.4 Å². The number of carbonyl (C=O) groups is 2. The average Bonchev–Trinajstić information content (AvgIpc) is 2.50. The fraction of sp³-hybridized carbons (Fsp3) is 0.467. The Bertz CT molecular complexity index is 440. The van der Waals surface area contributed by atoms with E-state index in [9.17, 15) is 9.59 Å². The molecule has 0 bridgehead atoms. The fourth-order valence-electron chi connectivity index (χ4n) is 1.70. The van der Waals surface area contributed by atoms with Crippen LogP contribution in [0, 0.1) is 0 Å². The van der Waals surface area contributed by atoms with Crippen LogP contribution in [0.1, 0.15) is 13.3 Å². The summed E-state index contributed by atoms with van der Waals surface area (Å²) in [7, 11) is 0. The number of para-hydroxylation sites is 1. The minimum absolute atomic E-state index is 0.0980. The molecule has 1 aromatic rings. The molecule has 0 aliphatic rings. The highest BCUT2D eigenvalue weighted by Gasteiger charge is 2.19. The predicted octanol–water partition coefficient (Wildman–Crippen LogP) is 1.44. The summed E-state index contributed by atoms with van der Waals surface area (Å²) < 4.78 is 5.36. The number of amides is 2. The molecule has 1 atom stereocenters. The van der Waals surface area contributed by atoms with Gasteiger partial charge in [0.25, 0.3) is 5.91 Å². The Hall–Kier alpha value is -1.69. The zero-order valence-corrected chi connectivity index (χ0v) is 13.2. The second-order valence-electron chi connectivity index (χ2n) is 4.40. The summed E-state index contributed by atoms with van der Waals surface area (Å²) in [6, 6.07) is 8.60. The van der Waals surface area contributed by atoms with Crippen molar-refractivity contribution in [1.82, 2.24) is 10.6 Å². The molecule has 0 aromatic heterocycles. The molecule has 0 fully saturated rings. The van der Waals surface area contributed by atoms with Gasteiger partial charge in [0.1, 0.15) is 11.8 Å². The molecule has 6 heteroatoms. The molecule has 0 saturated carbocycles. The number of nitrogens with one attached hydrogen (secondary N) is 2. The van der Waals surface area contributed by atoms with Gasteiger partial charge in [-0.1, -0.05) is 18.2 Å². The molecule has 2 N–H and O–H groups in total. The Morgan fingerprint density at radius 2 is 2.00 bits per heavy atom. The van der Waals surface area contributed by atoms with Crippen LogP contribution in [0.4, 0.5) is 0 Å². The van der Waals surface area contributed by atoms with Crippen LogP contribution in [-0.4, -0.2) is 43.0 Å². The van der Waals surface area contributed by atoms with E-state index >= 15 is 0 Å². The van der Waals surface area contributed by atoms with Crippen molar-refractivity contribution >= 4 is 23.6 Å². The molecule has 1 aromatic carbocycles. The van der Waals surface area contributed by atoms with E-state index < -0.39 is 6.04 Å². The highest BCUT2D eigenvalue weighted by atomic mass is 32.2. The lowest BCUT2D eigenvalue weighted by Gasteiger charge is -2.17. The van der Waals surface area contributed by atoms with Gasteiger partial charge in [-0.15, -0.1) is 0 Å². The minimum atomic E-state index is -0.510. The first-order valence-electron chi connectivity index (χ1n) is 6.91. The fourth-order valence-corrected chi connectivity index (χ4v) is 2.17. The second kappa shape index (κ2) is 10.1. The first-order valence-corrected chi connectivity index (χ1v) is 8.30. The Morgan fingerprint density at radius 1 is 1.29 bits per heavy atom. The average molecular weight is 310 g/mol. The monoisotopic (exact) mass is 310 g/mol. The number of benzene rings is 1. The number of hydrogen-bond acceptors (Lipinski definition) is 4. The van der Waals surface area contributed by atoms with Gasteiger partial charge in [0.2, 0.25) is 5.91 Å². The highest BCUT2D eigenvalue weighted by molar-refractivity contribution is 7.98. The van der Waals surface area contributed by atoms with Crippen LogP contribution in [-0.2, 0) is 9.59 Å². The van der Waals surface area contributed by atoms with Crippen molar-refractivity contribution in [3.05, 3.63) is 30.3 Å². The van der Waals surface area contributed by atoms with Gasteiger partial charge in [-0.05, 0) is 37.5 Å². The number of rotatable bonds is 9. The van der Waals surface area contributed by atoms with E-state index in [-0.39, 0.29) is 18.4 Å². The van der Waals surface area contributed by atoms with Gasteiger partial charge in [-0.2, -0.15) is 11.8 Å². The molecule has 116 valence electrons. The first kappa shape index (κ1) is 17.4. The van der Waals surface area contributed by atoms with Crippen molar-refractivity contribution in [1.29, 1.82) is 0 Å². The van der Waals surface area contributed by atoms with Gasteiger partial charge >= 0.3 is 0 Å². The van der Waals surface area contributed by atoms with Crippen LogP contribution in [0.25, 0.3) is 0 Å². The number of thioether (sulfide) groups is 1. The van der Waals surface area contributed by atoms with E-state index in [0.29, 0.717) is 18.7 Å². The molecular weight excluding hydrogens is 288 g/mol. The Kier molecular flexibility index (Phi) is 8.35. The number of ether oxygens (including phenoxy) is 1. The van der Waals surface area contributed by atoms with E-state index in [4.69, 9.17) is 4.74 Å². The Balaban J connectivity index is 2.45. The first-order chi connectivity index (χ1) is 10.2. The largest absolute Gasteiger partial charge is 0.484 e. The van der Waals surface area contributed by atoms with Gasteiger partial charge in [0, 0.05) is 6.54 Å². The van der Waals surface area contributed by atoms with Gasteiger partial charge in [0.15, 0.2) is 6.61 Å². The molecule has 0 spiro atoms. The van der Waals surface area contributed by atoms with Crippen LogP contribution < -0.4 is 15.4 Å². The molecule has 0 aliphatic heterocycles. The third kappa shape index (κ3) is 7.04. The van der Waals surface area contributed by atoms with Crippen LogP contribution in [0.3, 0.4) is 0 Å². The van der Waals surface area contributed by atoms with Gasteiger partial charge in [-0.3, -0.25) is 9.59 Å². The lowest BCUT2D eigenvalue weighted by atomic mass is 10.2. The van der Waals surface area contributed by atoms with Crippen LogP contribution in [0.5, 0.6) is 5.75 Å². The molecule has 5 nitrogen and oxygen atoms in total. The molecule has 1 unspecified atom stereocenters. The number of hydrogen-bond donors (Lipinski definition) is 2. The van der Waals surface area contributed by atoms with Crippen molar-refractivity contribution in [3.63, 3.8) is 0 Å². The van der Waals surface area contributed by atoms with Crippen molar-refractivity contribution in [2.75, 3.05) is 25.2 Å². The van der Waals surface area contributed by atoms with E-state index in [1.807, 2.05) is 31.4 Å². The smallest absolute Gasteiger partial charge is 0.258 e. The van der Waals surface area contributed by atoms with Crippen molar-refractivity contribution in [3.8, 4) is 5.75 Å². The summed E-state index contributed by atoms with van der Waals surface area (Å²) in [5.74, 6) is 0.990. The zero-order chi connectivity index (χ0) is 15.5. The van der Waals surface area contributed by atoms with Crippen molar-refractivity contribution < 1.29 is 14.3 Å². The number of likely N-dealkylation sites (N-methyl/N-ethyl adjacent to an activating group) is 1. The summed E-state index contributed by atoms with van der Waals surface area (Å²) in [5, 5.41) is 5.45. The molecule has 0 radical (unpaired) electrons. The molecule has 0 heterocycles. The maximum Gasteiger partial charge on any atom is 0.258 e. The topological polar surface area (TPSA) is 67.4 Å². The molecule has 0 aliphatic carbocycles. The third-order valence-electron chi connectivity index (χ3n) is 2.73. The summed E-state index contributed by atoms with van der Waals surface area (Å²) in [6.07, 6.45) is 2.57. The Labute approximate surface area is 129 Å². The van der Waals surface area contributed by atoms with Gasteiger partial charge in [-0.25, -0.2) is 0 Å². The minimum Gasteiger partial charge on any atom is -0.484 e. The van der Waals surface area contributed by atoms with E-state index in [2.05, 4.69) is 10.6 Å². The predicted molar refractivity (Wildman–Crippen MR) is 85.6 cm³/mol. The quantitative estimate of drug-likeness (QED) is 0.724. The standard InChI is InChI=1S/C15H22N2O3S/c1-3-16-15(19)13(9-10-21-2)17-14(18)11-20-12-7-5-4-6-8-12/h4-8,13H,3,9-11H2,1-2H3,(H,16,19)(H,17,18). The maximum absolute atomic E-state index is 11.9. The summed E-state index contributed by atoms with van der Waals surface area (Å²) in [6.45, 7) is 2.30. The molecule has 0 saturated heterocycles. The summed E-state index contributed by atoms with van der Waals surface area (Å²) in [5.41, 5.74) is 0. The highest BCUT2D eigenvalue weighted by Crippen LogP contribution is 2.08. The lowest BCUT2D eigenvalue weighted by molar-refractivity contribution is -0.130. The normalized spacial score (nSPS) is 11.5. The van der Waals surface area contributed by atoms with Gasteiger partial charge in [0.05, 0.1) is 0 Å². The second-order valence-corrected chi connectivity index (χ2v) is 5.38. The summed E-state index contributed by atoms with van der Waals surface area (Å²) >= 11 is 1.64. The van der Waals surface area contributed by atoms with E-state index in [0.717, 1.165) is 5.75 Å².